The summed E-state index contributed by atoms with van der Waals surface area (Å²) in [5.74, 6) is 0.0956. The lowest BCUT2D eigenvalue weighted by molar-refractivity contribution is -0.138. The van der Waals surface area contributed by atoms with Gasteiger partial charge < -0.3 is 9.80 Å². The highest BCUT2D eigenvalue weighted by Crippen LogP contribution is 2.16. The van der Waals surface area contributed by atoms with E-state index in [1.165, 1.54) is 6.07 Å². The van der Waals surface area contributed by atoms with Gasteiger partial charge in [-0.25, -0.2) is 9.50 Å². The highest BCUT2D eigenvalue weighted by atomic mass is 16.2. The molecule has 1 N–H and O–H groups in total. The summed E-state index contributed by atoms with van der Waals surface area (Å²) >= 11 is 0. The normalized spacial score (nSPS) is 14.3. The summed E-state index contributed by atoms with van der Waals surface area (Å²) in [5, 5.41) is 2.71. The fraction of sp³-hybridized carbons (Fsp3) is 0.364. The number of benzene rings is 1. The molecule has 0 aliphatic carbocycles. The number of aromatic nitrogens is 3. The zero-order chi connectivity index (χ0) is 21.3. The topological polar surface area (TPSA) is 90.8 Å². The van der Waals surface area contributed by atoms with E-state index in [1.807, 2.05) is 49.1 Å². The molecule has 3 heterocycles. The number of piperazine rings is 1. The summed E-state index contributed by atoms with van der Waals surface area (Å²) in [4.78, 5) is 45.1. The number of hydrogen-bond donors (Lipinski definition) is 1. The molecule has 1 aliphatic heterocycles. The van der Waals surface area contributed by atoms with E-state index in [1.54, 1.807) is 9.42 Å². The standard InChI is InChI=1S/C22H25N5O3/c1-15-18(16(2)27-19(23-15)14-20(28)24-27)13-22(30)26-10-8-25(9-11-26)21(29)12-17-6-4-3-5-7-17/h3-7,14H,8-13H2,1-2H3,(H,24,28). The Morgan fingerprint density at radius 1 is 0.967 bits per heavy atom. The van der Waals surface area contributed by atoms with Crippen LogP contribution in [0.3, 0.4) is 0 Å². The first-order valence-corrected chi connectivity index (χ1v) is 10.1. The Hall–Kier alpha value is -3.42. The van der Waals surface area contributed by atoms with Crippen molar-refractivity contribution in [2.45, 2.75) is 26.7 Å². The Bertz CT molecular complexity index is 1140. The molecular formula is C22H25N5O3. The number of amides is 2. The molecule has 4 rings (SSSR count). The molecule has 0 atom stereocenters. The molecule has 0 unspecified atom stereocenters. The summed E-state index contributed by atoms with van der Waals surface area (Å²) in [6.07, 6.45) is 0.604. The first-order valence-electron chi connectivity index (χ1n) is 10.1. The van der Waals surface area contributed by atoms with Crippen molar-refractivity contribution in [1.82, 2.24) is 24.4 Å². The Labute approximate surface area is 174 Å². The number of H-pyrrole nitrogens is 1. The van der Waals surface area contributed by atoms with Crippen LogP contribution in [0.25, 0.3) is 5.65 Å². The minimum Gasteiger partial charge on any atom is -0.339 e. The van der Waals surface area contributed by atoms with Gasteiger partial charge in [-0.3, -0.25) is 19.5 Å². The largest absolute Gasteiger partial charge is 0.339 e. The zero-order valence-electron chi connectivity index (χ0n) is 17.2. The molecule has 1 aliphatic rings. The molecule has 2 aromatic heterocycles. The number of hydrogen-bond acceptors (Lipinski definition) is 4. The van der Waals surface area contributed by atoms with E-state index >= 15 is 0 Å². The molecule has 156 valence electrons. The van der Waals surface area contributed by atoms with Crippen molar-refractivity contribution in [3.8, 4) is 0 Å². The van der Waals surface area contributed by atoms with Crippen molar-refractivity contribution in [3.05, 3.63) is 69.3 Å². The van der Waals surface area contributed by atoms with Crippen LogP contribution in [0.5, 0.6) is 0 Å². The summed E-state index contributed by atoms with van der Waals surface area (Å²) in [6, 6.07) is 11.1. The number of carbonyl (C=O) groups is 2. The number of aryl methyl sites for hydroxylation is 2. The fourth-order valence-corrected chi connectivity index (χ4v) is 3.96. The van der Waals surface area contributed by atoms with Crippen molar-refractivity contribution in [1.29, 1.82) is 0 Å². The number of nitrogens with zero attached hydrogens (tertiary/aromatic N) is 4. The molecule has 0 spiro atoms. The van der Waals surface area contributed by atoms with Gasteiger partial charge in [-0.2, -0.15) is 0 Å². The van der Waals surface area contributed by atoms with E-state index in [-0.39, 0.29) is 23.8 Å². The second-order valence-electron chi connectivity index (χ2n) is 7.68. The third-order valence-electron chi connectivity index (χ3n) is 5.71. The fourth-order valence-electron chi connectivity index (χ4n) is 3.96. The number of nitrogens with one attached hydrogen (secondary N) is 1. The first kappa shape index (κ1) is 19.9. The van der Waals surface area contributed by atoms with Gasteiger partial charge in [0.1, 0.15) is 0 Å². The molecule has 3 aromatic rings. The third kappa shape index (κ3) is 3.98. The zero-order valence-corrected chi connectivity index (χ0v) is 17.2. The van der Waals surface area contributed by atoms with Crippen LogP contribution in [0.4, 0.5) is 0 Å². The van der Waals surface area contributed by atoms with Gasteiger partial charge >= 0.3 is 0 Å². The smallest absolute Gasteiger partial charge is 0.266 e. The molecule has 30 heavy (non-hydrogen) atoms. The van der Waals surface area contributed by atoms with Gasteiger partial charge in [-0.15, -0.1) is 0 Å². The number of rotatable bonds is 4. The second-order valence-corrected chi connectivity index (χ2v) is 7.68. The van der Waals surface area contributed by atoms with Crippen molar-refractivity contribution < 1.29 is 9.59 Å². The summed E-state index contributed by atoms with van der Waals surface area (Å²) in [5.41, 5.74) is 3.71. The van der Waals surface area contributed by atoms with Crippen molar-refractivity contribution in [2.75, 3.05) is 26.2 Å². The van der Waals surface area contributed by atoms with Crippen LogP contribution < -0.4 is 5.56 Å². The quantitative estimate of drug-likeness (QED) is 0.701. The average Bonchev–Trinajstić information content (AvgIpc) is 3.12. The van der Waals surface area contributed by atoms with Crippen LogP contribution in [0.2, 0.25) is 0 Å². The lowest BCUT2D eigenvalue weighted by Gasteiger charge is -2.35. The molecule has 2 amide bonds. The minimum absolute atomic E-state index is 0.00649. The molecule has 1 aromatic carbocycles. The van der Waals surface area contributed by atoms with Gasteiger partial charge in [0.15, 0.2) is 5.65 Å². The maximum absolute atomic E-state index is 12.9. The Kier molecular flexibility index (Phi) is 5.39. The van der Waals surface area contributed by atoms with Gasteiger partial charge in [0, 0.05) is 49.2 Å². The van der Waals surface area contributed by atoms with Gasteiger partial charge in [0.2, 0.25) is 11.8 Å². The summed E-state index contributed by atoms with van der Waals surface area (Å²) < 4.78 is 1.62. The third-order valence-corrected chi connectivity index (χ3v) is 5.71. The molecule has 1 saturated heterocycles. The Morgan fingerprint density at radius 3 is 2.20 bits per heavy atom. The van der Waals surface area contributed by atoms with E-state index in [0.29, 0.717) is 38.2 Å². The molecule has 1 fully saturated rings. The van der Waals surface area contributed by atoms with Crippen molar-refractivity contribution in [2.24, 2.45) is 0 Å². The maximum atomic E-state index is 12.9. The monoisotopic (exact) mass is 407 g/mol. The van der Waals surface area contributed by atoms with E-state index in [2.05, 4.69) is 10.1 Å². The van der Waals surface area contributed by atoms with Crippen molar-refractivity contribution >= 4 is 17.5 Å². The molecule has 8 heteroatoms. The maximum Gasteiger partial charge on any atom is 0.266 e. The Balaban J connectivity index is 1.38. The van der Waals surface area contributed by atoms with Gasteiger partial charge in [-0.1, -0.05) is 30.3 Å². The average molecular weight is 407 g/mol. The van der Waals surface area contributed by atoms with Gasteiger partial charge in [0.25, 0.3) is 5.56 Å². The SMILES string of the molecule is Cc1nc2cc(=O)[nH]n2c(C)c1CC(=O)N1CCN(C(=O)Cc2ccccc2)CC1. The highest BCUT2D eigenvalue weighted by molar-refractivity contribution is 5.81. The molecule has 0 radical (unpaired) electrons. The number of aromatic amines is 1. The Morgan fingerprint density at radius 2 is 1.57 bits per heavy atom. The summed E-state index contributed by atoms with van der Waals surface area (Å²) in [7, 11) is 0. The summed E-state index contributed by atoms with van der Waals surface area (Å²) in [6.45, 7) is 5.85. The first-order chi connectivity index (χ1) is 14.4. The second kappa shape index (κ2) is 8.14. The lowest BCUT2D eigenvalue weighted by Crippen LogP contribution is -2.51. The van der Waals surface area contributed by atoms with E-state index in [0.717, 1.165) is 22.5 Å². The molecular weight excluding hydrogens is 382 g/mol. The van der Waals surface area contributed by atoms with Crippen LogP contribution in [0, 0.1) is 13.8 Å². The van der Waals surface area contributed by atoms with Crippen LogP contribution in [-0.2, 0) is 22.4 Å². The minimum atomic E-state index is -0.218. The predicted molar refractivity (Wildman–Crippen MR) is 112 cm³/mol. The lowest BCUT2D eigenvalue weighted by atomic mass is 10.1. The van der Waals surface area contributed by atoms with Gasteiger partial charge in [-0.05, 0) is 19.4 Å². The number of carbonyl (C=O) groups excluding carboxylic acids is 2. The van der Waals surface area contributed by atoms with E-state index < -0.39 is 0 Å². The number of fused-ring (bicyclic) bond motifs is 1. The predicted octanol–water partition coefficient (Wildman–Crippen LogP) is 1.10. The molecule has 0 bridgehead atoms. The van der Waals surface area contributed by atoms with Crippen LogP contribution in [0.15, 0.2) is 41.2 Å². The van der Waals surface area contributed by atoms with E-state index in [4.69, 9.17) is 0 Å². The molecule has 8 nitrogen and oxygen atoms in total. The van der Waals surface area contributed by atoms with Crippen LogP contribution in [0.1, 0.15) is 22.5 Å². The highest BCUT2D eigenvalue weighted by Gasteiger charge is 2.25. The van der Waals surface area contributed by atoms with E-state index in [9.17, 15) is 14.4 Å². The van der Waals surface area contributed by atoms with Crippen LogP contribution in [-0.4, -0.2) is 62.4 Å². The van der Waals surface area contributed by atoms with Gasteiger partial charge in [0.05, 0.1) is 12.8 Å². The van der Waals surface area contributed by atoms with Crippen LogP contribution >= 0.6 is 0 Å². The van der Waals surface area contributed by atoms with Crippen molar-refractivity contribution in [3.63, 3.8) is 0 Å². The molecule has 0 saturated carbocycles.